The molecule has 1 aliphatic heterocycles. The molecule has 6 heteroatoms. The maximum absolute atomic E-state index is 12.6. The van der Waals surface area contributed by atoms with Crippen molar-refractivity contribution < 1.29 is 4.79 Å². The zero-order chi connectivity index (χ0) is 18.8. The van der Waals surface area contributed by atoms with E-state index in [9.17, 15) is 4.79 Å². The van der Waals surface area contributed by atoms with Gasteiger partial charge in [-0.2, -0.15) is 11.3 Å². The Morgan fingerprint density at radius 2 is 2.19 bits per heavy atom. The minimum absolute atomic E-state index is 0.0190. The summed E-state index contributed by atoms with van der Waals surface area (Å²) in [5, 5.41) is 8.27. The summed E-state index contributed by atoms with van der Waals surface area (Å²) in [6, 6.07) is 8.32. The Bertz CT molecular complexity index is 954. The number of nitrogens with one attached hydrogen (secondary N) is 1. The third kappa shape index (κ3) is 3.95. The van der Waals surface area contributed by atoms with Crippen molar-refractivity contribution in [1.29, 1.82) is 0 Å². The van der Waals surface area contributed by atoms with Crippen LogP contribution in [0, 0.1) is 19.8 Å². The van der Waals surface area contributed by atoms with E-state index in [0.29, 0.717) is 13.1 Å². The first-order chi connectivity index (χ1) is 13.1. The number of piperidine rings is 1. The SMILES string of the molecule is Cc1ccc2c(C)nc(N3CCCC(C(=O)NCc4ccsc4)C3)nc2c1. The second kappa shape index (κ2) is 7.64. The number of fused-ring (bicyclic) bond motifs is 1. The average Bonchev–Trinajstić information content (AvgIpc) is 3.19. The van der Waals surface area contributed by atoms with Crippen molar-refractivity contribution in [2.45, 2.75) is 33.2 Å². The Morgan fingerprint density at radius 3 is 3.00 bits per heavy atom. The van der Waals surface area contributed by atoms with E-state index in [4.69, 9.17) is 9.97 Å². The van der Waals surface area contributed by atoms with E-state index >= 15 is 0 Å². The van der Waals surface area contributed by atoms with Crippen LogP contribution in [0.4, 0.5) is 5.95 Å². The van der Waals surface area contributed by atoms with Gasteiger partial charge in [0.05, 0.1) is 17.1 Å². The van der Waals surface area contributed by atoms with Crippen LogP contribution in [0.15, 0.2) is 35.0 Å². The molecule has 0 spiro atoms. The van der Waals surface area contributed by atoms with Crippen molar-refractivity contribution in [2.75, 3.05) is 18.0 Å². The molecule has 3 heterocycles. The van der Waals surface area contributed by atoms with Gasteiger partial charge in [0.1, 0.15) is 0 Å². The van der Waals surface area contributed by atoms with Gasteiger partial charge in [-0.1, -0.05) is 12.1 Å². The molecule has 1 atom stereocenters. The number of anilines is 1. The molecule has 0 saturated carbocycles. The monoisotopic (exact) mass is 380 g/mol. The van der Waals surface area contributed by atoms with Crippen LogP contribution in [-0.2, 0) is 11.3 Å². The Labute approximate surface area is 163 Å². The van der Waals surface area contributed by atoms with Gasteiger partial charge in [0.15, 0.2) is 0 Å². The molecule has 5 nitrogen and oxygen atoms in total. The molecule has 0 radical (unpaired) electrons. The maximum Gasteiger partial charge on any atom is 0.226 e. The molecule has 0 bridgehead atoms. The second-order valence-corrected chi connectivity index (χ2v) is 8.04. The molecule has 1 unspecified atom stereocenters. The Morgan fingerprint density at radius 1 is 1.30 bits per heavy atom. The smallest absolute Gasteiger partial charge is 0.226 e. The number of hydrogen-bond donors (Lipinski definition) is 1. The summed E-state index contributed by atoms with van der Waals surface area (Å²) in [7, 11) is 0. The van der Waals surface area contributed by atoms with Gasteiger partial charge in [-0.3, -0.25) is 4.79 Å². The van der Waals surface area contributed by atoms with Crippen LogP contribution in [0.2, 0.25) is 0 Å². The first-order valence-corrected chi connectivity index (χ1v) is 10.3. The molecular formula is C21H24N4OS. The van der Waals surface area contributed by atoms with E-state index in [-0.39, 0.29) is 11.8 Å². The fraction of sp³-hybridized carbons (Fsp3) is 0.381. The first kappa shape index (κ1) is 17.9. The van der Waals surface area contributed by atoms with Crippen LogP contribution in [-0.4, -0.2) is 29.0 Å². The van der Waals surface area contributed by atoms with Crippen LogP contribution in [0.5, 0.6) is 0 Å². The number of amides is 1. The fourth-order valence-corrected chi connectivity index (χ4v) is 4.29. The Kier molecular flexibility index (Phi) is 5.07. The summed E-state index contributed by atoms with van der Waals surface area (Å²) in [5.41, 5.74) is 4.31. The molecule has 1 aromatic carbocycles. The highest BCUT2D eigenvalue weighted by Crippen LogP contribution is 2.24. The lowest BCUT2D eigenvalue weighted by Crippen LogP contribution is -2.43. The molecule has 1 N–H and O–H groups in total. The van der Waals surface area contributed by atoms with Gasteiger partial charge in [-0.15, -0.1) is 0 Å². The lowest BCUT2D eigenvalue weighted by Gasteiger charge is -2.32. The van der Waals surface area contributed by atoms with E-state index in [2.05, 4.69) is 40.7 Å². The highest BCUT2D eigenvalue weighted by atomic mass is 32.1. The Hall–Kier alpha value is -2.47. The molecule has 2 aromatic heterocycles. The van der Waals surface area contributed by atoms with Crippen molar-refractivity contribution >= 4 is 34.1 Å². The number of rotatable bonds is 4. The third-order valence-electron chi connectivity index (χ3n) is 5.15. The van der Waals surface area contributed by atoms with Gasteiger partial charge in [-0.25, -0.2) is 9.97 Å². The minimum atomic E-state index is -0.0190. The second-order valence-electron chi connectivity index (χ2n) is 7.26. The molecule has 1 amide bonds. The van der Waals surface area contributed by atoms with Crippen LogP contribution < -0.4 is 10.2 Å². The number of carbonyl (C=O) groups excluding carboxylic acids is 1. The molecule has 1 saturated heterocycles. The van der Waals surface area contributed by atoms with Gasteiger partial charge in [-0.05, 0) is 60.7 Å². The van der Waals surface area contributed by atoms with E-state index in [0.717, 1.165) is 47.5 Å². The Balaban J connectivity index is 1.49. The number of carbonyl (C=O) groups is 1. The summed E-state index contributed by atoms with van der Waals surface area (Å²) in [6.45, 7) is 6.27. The van der Waals surface area contributed by atoms with Gasteiger partial charge in [0, 0.05) is 25.0 Å². The number of hydrogen-bond acceptors (Lipinski definition) is 5. The lowest BCUT2D eigenvalue weighted by molar-refractivity contribution is -0.125. The maximum atomic E-state index is 12.6. The predicted octanol–water partition coefficient (Wildman–Crippen LogP) is 3.84. The van der Waals surface area contributed by atoms with Gasteiger partial charge in [0.25, 0.3) is 0 Å². The van der Waals surface area contributed by atoms with Crippen LogP contribution in [0.3, 0.4) is 0 Å². The standard InChI is InChI=1S/C21H24N4OS/c1-14-5-6-18-15(2)23-21(24-19(18)10-14)25-8-3-4-17(12-25)20(26)22-11-16-7-9-27-13-16/h5-7,9-10,13,17H,3-4,8,11-12H2,1-2H3,(H,22,26). The predicted molar refractivity (Wildman–Crippen MR) is 110 cm³/mol. The number of aromatic nitrogens is 2. The molecule has 3 aromatic rings. The summed E-state index contributed by atoms with van der Waals surface area (Å²) >= 11 is 1.65. The molecule has 140 valence electrons. The van der Waals surface area contributed by atoms with Crippen molar-refractivity contribution in [3.8, 4) is 0 Å². The van der Waals surface area contributed by atoms with Crippen molar-refractivity contribution in [2.24, 2.45) is 5.92 Å². The summed E-state index contributed by atoms with van der Waals surface area (Å²) in [5.74, 6) is 0.842. The zero-order valence-corrected chi connectivity index (χ0v) is 16.6. The average molecular weight is 381 g/mol. The first-order valence-electron chi connectivity index (χ1n) is 9.39. The summed E-state index contributed by atoms with van der Waals surface area (Å²) in [4.78, 5) is 24.3. The van der Waals surface area contributed by atoms with Gasteiger partial charge in [0.2, 0.25) is 11.9 Å². The van der Waals surface area contributed by atoms with Crippen molar-refractivity contribution in [3.05, 3.63) is 51.8 Å². The molecule has 27 heavy (non-hydrogen) atoms. The lowest BCUT2D eigenvalue weighted by atomic mass is 9.97. The highest BCUT2D eigenvalue weighted by Gasteiger charge is 2.27. The highest BCUT2D eigenvalue weighted by molar-refractivity contribution is 7.07. The van der Waals surface area contributed by atoms with Crippen molar-refractivity contribution in [1.82, 2.24) is 15.3 Å². The van der Waals surface area contributed by atoms with E-state index in [1.54, 1.807) is 11.3 Å². The topological polar surface area (TPSA) is 58.1 Å². The zero-order valence-electron chi connectivity index (χ0n) is 15.7. The number of nitrogens with zero attached hydrogens (tertiary/aromatic N) is 3. The van der Waals surface area contributed by atoms with Gasteiger partial charge < -0.3 is 10.2 Å². The summed E-state index contributed by atoms with van der Waals surface area (Å²) in [6.07, 6.45) is 1.89. The number of aryl methyl sites for hydroxylation is 2. The number of benzene rings is 1. The van der Waals surface area contributed by atoms with Crippen LogP contribution in [0.1, 0.15) is 29.7 Å². The third-order valence-corrected chi connectivity index (χ3v) is 5.89. The summed E-state index contributed by atoms with van der Waals surface area (Å²) < 4.78 is 0. The molecule has 4 rings (SSSR count). The number of thiophene rings is 1. The minimum Gasteiger partial charge on any atom is -0.352 e. The largest absolute Gasteiger partial charge is 0.352 e. The van der Waals surface area contributed by atoms with Crippen molar-refractivity contribution in [3.63, 3.8) is 0 Å². The molecule has 1 aliphatic rings. The normalized spacial score (nSPS) is 17.3. The van der Waals surface area contributed by atoms with Crippen LogP contribution in [0.25, 0.3) is 10.9 Å². The van der Waals surface area contributed by atoms with E-state index in [1.165, 1.54) is 5.56 Å². The van der Waals surface area contributed by atoms with Gasteiger partial charge >= 0.3 is 0 Å². The fourth-order valence-electron chi connectivity index (χ4n) is 3.62. The van der Waals surface area contributed by atoms with Crippen LogP contribution >= 0.6 is 11.3 Å². The molecule has 0 aliphatic carbocycles. The quantitative estimate of drug-likeness (QED) is 0.747. The molecular weight excluding hydrogens is 356 g/mol. The van der Waals surface area contributed by atoms with E-state index < -0.39 is 0 Å². The van der Waals surface area contributed by atoms with E-state index in [1.807, 2.05) is 18.4 Å². The molecule has 1 fully saturated rings.